The van der Waals surface area contributed by atoms with Crippen LogP contribution in [0, 0.1) is 17.0 Å². The van der Waals surface area contributed by atoms with Crippen LogP contribution < -0.4 is 0 Å². The van der Waals surface area contributed by atoms with E-state index in [1.165, 1.54) is 12.1 Å². The Morgan fingerprint density at radius 1 is 1.22 bits per heavy atom. The lowest BCUT2D eigenvalue weighted by atomic mass is 9.90. The van der Waals surface area contributed by atoms with Gasteiger partial charge in [-0.2, -0.15) is 0 Å². The number of hydrogen-bond donors (Lipinski definition) is 0. The molecule has 5 nitrogen and oxygen atoms in total. The monoisotopic (exact) mass is 250 g/mol. The van der Waals surface area contributed by atoms with Crippen molar-refractivity contribution in [1.82, 2.24) is 0 Å². The fraction of sp³-hybridized carbons (Fsp3) is 0.462. The minimum absolute atomic E-state index is 0.0494. The molecule has 0 radical (unpaired) electrons. The molecular weight excluding hydrogens is 234 g/mol. The zero-order valence-corrected chi connectivity index (χ0v) is 10.7. The van der Waals surface area contributed by atoms with Crippen LogP contribution in [0.1, 0.15) is 32.6 Å². The molecule has 0 aliphatic carbocycles. The summed E-state index contributed by atoms with van der Waals surface area (Å²) in [6.07, 6.45) is -0.539. The van der Waals surface area contributed by atoms with Crippen LogP contribution in [0.15, 0.2) is 24.3 Å². The maximum Gasteiger partial charge on any atom is 0.269 e. The van der Waals surface area contributed by atoms with Crippen LogP contribution >= 0.6 is 0 Å². The van der Waals surface area contributed by atoms with Crippen molar-refractivity contribution in [3.8, 4) is 0 Å². The molecule has 1 aromatic carbocycles. The van der Waals surface area contributed by atoms with Crippen LogP contribution in [0.25, 0.3) is 0 Å². The molecule has 18 heavy (non-hydrogen) atoms. The van der Waals surface area contributed by atoms with E-state index in [0.717, 1.165) is 5.56 Å². The number of rotatable bonds is 2. The molecule has 0 amide bonds. The first-order valence-corrected chi connectivity index (χ1v) is 5.68. The Kier molecular flexibility index (Phi) is 2.83. The first-order valence-electron chi connectivity index (χ1n) is 5.68. The van der Waals surface area contributed by atoms with Gasteiger partial charge in [-0.3, -0.25) is 14.9 Å². The Balaban J connectivity index is 2.22. The number of ether oxygens (including phenoxy) is 2. The molecule has 0 bridgehead atoms. The number of nitrogens with zero attached hydrogens (tertiary/aromatic N) is 1. The molecule has 1 aromatic rings. The summed E-state index contributed by atoms with van der Waals surface area (Å²) in [5.41, 5.74) is -0.367. The molecule has 1 fully saturated rings. The molecular formula is C13H16NO4+. The summed E-state index contributed by atoms with van der Waals surface area (Å²) in [5, 5.41) is 10.6. The normalized spacial score (nSPS) is 30.3. The largest absolute Gasteiger partial charge is 0.334 e. The molecule has 2 atom stereocenters. The van der Waals surface area contributed by atoms with Crippen molar-refractivity contribution in [2.45, 2.75) is 38.3 Å². The quantitative estimate of drug-likeness (QED) is 0.460. The third-order valence-corrected chi connectivity index (χ3v) is 3.42. The molecule has 0 spiro atoms. The summed E-state index contributed by atoms with van der Waals surface area (Å²) in [5.74, 6) is 0. The highest BCUT2D eigenvalue weighted by molar-refractivity contribution is 5.33. The minimum atomic E-state index is -0.653. The predicted octanol–water partition coefficient (Wildman–Crippen LogP) is 3.01. The lowest BCUT2D eigenvalue weighted by Gasteiger charge is -2.23. The van der Waals surface area contributed by atoms with E-state index < -0.39 is 22.4 Å². The molecule has 1 aliphatic rings. The van der Waals surface area contributed by atoms with Gasteiger partial charge in [-0.1, -0.05) is 0 Å². The number of non-ortho nitro benzene ring substituents is 1. The van der Waals surface area contributed by atoms with E-state index in [4.69, 9.17) is 9.47 Å². The van der Waals surface area contributed by atoms with Crippen molar-refractivity contribution in [3.63, 3.8) is 0 Å². The molecule has 0 aromatic heterocycles. The molecule has 1 aliphatic heterocycles. The van der Waals surface area contributed by atoms with Crippen molar-refractivity contribution in [1.29, 1.82) is 0 Å². The summed E-state index contributed by atoms with van der Waals surface area (Å²) >= 11 is 0. The lowest BCUT2D eigenvalue weighted by Crippen LogP contribution is -2.42. The summed E-state index contributed by atoms with van der Waals surface area (Å²) < 4.78 is 11.5. The van der Waals surface area contributed by atoms with Crippen LogP contribution in [0.5, 0.6) is 0 Å². The van der Waals surface area contributed by atoms with E-state index in [-0.39, 0.29) is 5.69 Å². The van der Waals surface area contributed by atoms with Crippen LogP contribution in [0.3, 0.4) is 0 Å². The lowest BCUT2D eigenvalue weighted by molar-refractivity contribution is -0.384. The zero-order chi connectivity index (χ0) is 13.6. The standard InChI is InChI=1S/C13H16NO4/c1-12(2)13(3,4)18-11(17-12)9-5-7-10(8-6-9)14(15)16/h5-8,11H,1H2,2-4H3/q+1. The Labute approximate surface area is 106 Å². The second kappa shape index (κ2) is 3.96. The SMILES string of the molecule is [CH2+]C1(C)OC(c2ccc([N+](=O)[O-])cc2)OC1(C)C. The van der Waals surface area contributed by atoms with E-state index in [0.29, 0.717) is 0 Å². The Bertz CT molecular complexity index is 448. The van der Waals surface area contributed by atoms with Gasteiger partial charge in [-0.05, 0) is 26.0 Å². The number of benzene rings is 1. The van der Waals surface area contributed by atoms with Crippen LogP contribution in [0.4, 0.5) is 5.69 Å². The molecule has 1 saturated heterocycles. The van der Waals surface area contributed by atoms with Crippen molar-refractivity contribution in [3.05, 3.63) is 46.9 Å². The molecule has 5 heteroatoms. The second-order valence-electron chi connectivity index (χ2n) is 5.16. The fourth-order valence-corrected chi connectivity index (χ4v) is 1.68. The Morgan fingerprint density at radius 3 is 2.17 bits per heavy atom. The summed E-state index contributed by atoms with van der Waals surface area (Å²) in [6.45, 7) is 9.66. The molecule has 1 heterocycles. The third-order valence-electron chi connectivity index (χ3n) is 3.42. The molecule has 96 valence electrons. The van der Waals surface area contributed by atoms with Crippen molar-refractivity contribution < 1.29 is 14.4 Å². The summed E-state index contributed by atoms with van der Waals surface area (Å²) in [7, 11) is 0. The number of nitro benzene ring substituents is 1. The smallest absolute Gasteiger partial charge is 0.269 e. The first-order chi connectivity index (χ1) is 8.23. The number of nitro groups is 1. The highest BCUT2D eigenvalue weighted by Gasteiger charge is 2.55. The Hall–Kier alpha value is -1.59. The van der Waals surface area contributed by atoms with Crippen LogP contribution in [-0.4, -0.2) is 16.1 Å². The molecule has 0 N–H and O–H groups in total. The van der Waals surface area contributed by atoms with Gasteiger partial charge < -0.3 is 4.74 Å². The van der Waals surface area contributed by atoms with Gasteiger partial charge in [0.15, 0.2) is 6.29 Å². The van der Waals surface area contributed by atoms with E-state index in [1.54, 1.807) is 12.1 Å². The maximum absolute atomic E-state index is 10.6. The van der Waals surface area contributed by atoms with E-state index in [9.17, 15) is 10.1 Å². The fourth-order valence-electron chi connectivity index (χ4n) is 1.68. The first kappa shape index (κ1) is 12.9. The van der Waals surface area contributed by atoms with Gasteiger partial charge in [0.1, 0.15) is 5.60 Å². The maximum atomic E-state index is 10.6. The average Bonchev–Trinajstić information content (AvgIpc) is 2.48. The van der Waals surface area contributed by atoms with E-state index >= 15 is 0 Å². The molecule has 2 rings (SSSR count). The van der Waals surface area contributed by atoms with Gasteiger partial charge in [-0.15, -0.1) is 0 Å². The average molecular weight is 250 g/mol. The zero-order valence-electron chi connectivity index (χ0n) is 10.7. The number of hydrogen-bond acceptors (Lipinski definition) is 4. The van der Waals surface area contributed by atoms with Crippen LogP contribution in [-0.2, 0) is 9.47 Å². The third kappa shape index (κ3) is 2.07. The minimum Gasteiger partial charge on any atom is -0.334 e. The van der Waals surface area contributed by atoms with Gasteiger partial charge in [0.05, 0.1) is 11.8 Å². The van der Waals surface area contributed by atoms with Crippen molar-refractivity contribution >= 4 is 5.69 Å². The van der Waals surface area contributed by atoms with E-state index in [2.05, 4.69) is 6.92 Å². The summed E-state index contributed by atoms with van der Waals surface area (Å²) in [4.78, 5) is 10.1. The molecule has 0 saturated carbocycles. The van der Waals surface area contributed by atoms with E-state index in [1.807, 2.05) is 20.8 Å². The van der Waals surface area contributed by atoms with Gasteiger partial charge >= 0.3 is 0 Å². The second-order valence-corrected chi connectivity index (χ2v) is 5.16. The molecule has 2 unspecified atom stereocenters. The van der Waals surface area contributed by atoms with Crippen molar-refractivity contribution in [2.24, 2.45) is 0 Å². The van der Waals surface area contributed by atoms with Crippen LogP contribution in [0.2, 0.25) is 0 Å². The highest BCUT2D eigenvalue weighted by atomic mass is 16.7. The topological polar surface area (TPSA) is 61.6 Å². The summed E-state index contributed by atoms with van der Waals surface area (Å²) in [6, 6.07) is 6.15. The Morgan fingerprint density at radius 2 is 1.78 bits per heavy atom. The predicted molar refractivity (Wildman–Crippen MR) is 65.8 cm³/mol. The van der Waals surface area contributed by atoms with Gasteiger partial charge in [-0.25, -0.2) is 0 Å². The highest BCUT2D eigenvalue weighted by Crippen LogP contribution is 2.44. The van der Waals surface area contributed by atoms with Crippen molar-refractivity contribution in [2.75, 3.05) is 0 Å². The van der Waals surface area contributed by atoms with Gasteiger partial charge in [0, 0.05) is 24.6 Å². The van der Waals surface area contributed by atoms with Gasteiger partial charge in [0.25, 0.3) is 5.69 Å². The van der Waals surface area contributed by atoms with Gasteiger partial charge in [0.2, 0.25) is 5.60 Å².